The van der Waals surface area contributed by atoms with Gasteiger partial charge in [-0.1, -0.05) is 6.92 Å². The van der Waals surface area contributed by atoms with Crippen molar-refractivity contribution < 1.29 is 13.2 Å². The molecule has 142 valence electrons. The molecule has 3 rings (SSSR count). The maximum Gasteiger partial charge on any atom is 0.323 e. The number of anilines is 1. The molecule has 9 heteroatoms. The fourth-order valence-corrected chi connectivity index (χ4v) is 3.84. The molecule has 4 N–H and O–H groups in total. The number of aromatic nitrogens is 2. The number of carbonyl (C=O) groups is 1. The summed E-state index contributed by atoms with van der Waals surface area (Å²) >= 11 is 0. The van der Waals surface area contributed by atoms with Crippen molar-refractivity contribution in [2.75, 3.05) is 5.32 Å². The summed E-state index contributed by atoms with van der Waals surface area (Å²) in [5, 5.41) is 2.72. The van der Waals surface area contributed by atoms with Crippen LogP contribution >= 0.6 is 0 Å². The Kier molecular flexibility index (Phi) is 5.15. The molecule has 2 aromatic carbocycles. The summed E-state index contributed by atoms with van der Waals surface area (Å²) in [6.45, 7) is 3.68. The van der Waals surface area contributed by atoms with Gasteiger partial charge in [0.25, 0.3) is 5.91 Å². The van der Waals surface area contributed by atoms with E-state index in [0.717, 1.165) is 0 Å². The SMILES string of the molecule is CCC(C)NS(=O)(=O)c1ccc(C(=O)Nc2ccc3[nH]c(=O)[nH]c3c2)cc1. The van der Waals surface area contributed by atoms with E-state index in [1.807, 2.05) is 6.92 Å². The van der Waals surface area contributed by atoms with Crippen LogP contribution in [0.3, 0.4) is 0 Å². The zero-order chi connectivity index (χ0) is 19.6. The molecule has 8 nitrogen and oxygen atoms in total. The molecule has 1 aromatic heterocycles. The van der Waals surface area contributed by atoms with Gasteiger partial charge in [-0.05, 0) is 55.8 Å². The zero-order valence-corrected chi connectivity index (χ0v) is 15.7. The van der Waals surface area contributed by atoms with Crippen LogP contribution in [0.25, 0.3) is 11.0 Å². The van der Waals surface area contributed by atoms with Gasteiger partial charge in [-0.3, -0.25) is 4.79 Å². The van der Waals surface area contributed by atoms with E-state index in [0.29, 0.717) is 28.7 Å². The molecule has 0 aliphatic carbocycles. The first-order valence-corrected chi connectivity index (χ1v) is 9.92. The molecule has 0 saturated heterocycles. The molecule has 1 heterocycles. The smallest absolute Gasteiger partial charge is 0.322 e. The van der Waals surface area contributed by atoms with Crippen LogP contribution in [0, 0.1) is 0 Å². The molecule has 0 bridgehead atoms. The van der Waals surface area contributed by atoms with Gasteiger partial charge in [0.15, 0.2) is 0 Å². The molecule has 0 saturated carbocycles. The molecule has 1 unspecified atom stereocenters. The number of hydrogen-bond donors (Lipinski definition) is 4. The molecule has 0 aliphatic heterocycles. The van der Waals surface area contributed by atoms with E-state index in [4.69, 9.17) is 0 Å². The van der Waals surface area contributed by atoms with E-state index in [-0.39, 0.29) is 22.5 Å². The Morgan fingerprint density at radius 2 is 1.74 bits per heavy atom. The highest BCUT2D eigenvalue weighted by Gasteiger charge is 2.17. The number of nitrogens with one attached hydrogen (secondary N) is 4. The molecular formula is C18H20N4O4S. The first kappa shape index (κ1) is 18.9. The van der Waals surface area contributed by atoms with Gasteiger partial charge < -0.3 is 15.3 Å². The Morgan fingerprint density at radius 3 is 2.41 bits per heavy atom. The maximum absolute atomic E-state index is 12.4. The third-order valence-corrected chi connectivity index (χ3v) is 5.77. The van der Waals surface area contributed by atoms with Crippen LogP contribution in [0.1, 0.15) is 30.6 Å². The highest BCUT2D eigenvalue weighted by Crippen LogP contribution is 2.17. The summed E-state index contributed by atoms with van der Waals surface area (Å²) in [5.74, 6) is -0.383. The summed E-state index contributed by atoms with van der Waals surface area (Å²) in [7, 11) is -3.61. The number of sulfonamides is 1. The van der Waals surface area contributed by atoms with Crippen molar-refractivity contribution in [2.24, 2.45) is 0 Å². The lowest BCUT2D eigenvalue weighted by Gasteiger charge is -2.12. The Hall–Kier alpha value is -2.91. The van der Waals surface area contributed by atoms with Crippen molar-refractivity contribution in [3.8, 4) is 0 Å². The lowest BCUT2D eigenvalue weighted by atomic mass is 10.2. The highest BCUT2D eigenvalue weighted by molar-refractivity contribution is 7.89. The summed E-state index contributed by atoms with van der Waals surface area (Å²) in [6, 6.07) is 10.5. The van der Waals surface area contributed by atoms with Crippen molar-refractivity contribution in [3.63, 3.8) is 0 Å². The van der Waals surface area contributed by atoms with E-state index in [9.17, 15) is 18.0 Å². The minimum atomic E-state index is -3.61. The largest absolute Gasteiger partial charge is 0.323 e. The number of aromatic amines is 2. The third-order valence-electron chi connectivity index (χ3n) is 4.17. The van der Waals surface area contributed by atoms with Gasteiger partial charge in [0.1, 0.15) is 0 Å². The number of H-pyrrole nitrogens is 2. The Bertz CT molecular complexity index is 1130. The molecule has 3 aromatic rings. The van der Waals surface area contributed by atoms with E-state index in [1.165, 1.54) is 24.3 Å². The normalized spacial score (nSPS) is 12.8. The van der Waals surface area contributed by atoms with E-state index in [2.05, 4.69) is 20.0 Å². The van der Waals surface area contributed by atoms with Gasteiger partial charge in [-0.2, -0.15) is 0 Å². The summed E-state index contributed by atoms with van der Waals surface area (Å²) in [6.07, 6.45) is 0.677. The van der Waals surface area contributed by atoms with Crippen molar-refractivity contribution in [1.82, 2.24) is 14.7 Å². The minimum Gasteiger partial charge on any atom is -0.322 e. The fourth-order valence-electron chi connectivity index (χ4n) is 2.52. The molecule has 0 aliphatic rings. The molecule has 0 fully saturated rings. The van der Waals surface area contributed by atoms with Crippen LogP contribution in [-0.2, 0) is 10.0 Å². The van der Waals surface area contributed by atoms with Gasteiger partial charge in [0, 0.05) is 17.3 Å². The van der Waals surface area contributed by atoms with Crippen molar-refractivity contribution in [3.05, 3.63) is 58.5 Å². The lowest BCUT2D eigenvalue weighted by molar-refractivity contribution is 0.102. The van der Waals surface area contributed by atoms with E-state index >= 15 is 0 Å². The van der Waals surface area contributed by atoms with Crippen molar-refractivity contribution >= 4 is 32.7 Å². The molecule has 0 radical (unpaired) electrons. The minimum absolute atomic E-state index is 0.102. The van der Waals surface area contributed by atoms with Crippen LogP contribution in [-0.4, -0.2) is 30.3 Å². The number of fused-ring (bicyclic) bond motifs is 1. The standard InChI is InChI=1S/C18H20N4O4S/c1-3-11(2)22-27(25,26)14-7-4-12(5-8-14)17(23)19-13-6-9-15-16(10-13)21-18(24)20-15/h4-11,22H,3H2,1-2H3,(H,19,23)(H2,20,21,24). The topological polar surface area (TPSA) is 124 Å². The third kappa shape index (κ3) is 4.26. The Morgan fingerprint density at radius 1 is 1.07 bits per heavy atom. The van der Waals surface area contributed by atoms with Crippen LogP contribution in [0.4, 0.5) is 5.69 Å². The number of imidazole rings is 1. The van der Waals surface area contributed by atoms with Crippen LogP contribution in [0.5, 0.6) is 0 Å². The Balaban J connectivity index is 1.75. The predicted octanol–water partition coefficient (Wildman–Crippen LogP) is 2.19. The second kappa shape index (κ2) is 7.37. The van der Waals surface area contributed by atoms with Crippen molar-refractivity contribution in [1.29, 1.82) is 0 Å². The Labute approximate surface area is 156 Å². The number of hydrogen-bond acceptors (Lipinski definition) is 4. The van der Waals surface area contributed by atoms with Gasteiger partial charge in [-0.25, -0.2) is 17.9 Å². The molecule has 1 atom stereocenters. The second-order valence-electron chi connectivity index (χ2n) is 6.25. The first-order chi connectivity index (χ1) is 12.8. The summed E-state index contributed by atoms with van der Waals surface area (Å²) in [5.41, 5.74) is 1.73. The number of amides is 1. The molecule has 1 amide bonds. The van der Waals surface area contributed by atoms with E-state index in [1.54, 1.807) is 25.1 Å². The lowest BCUT2D eigenvalue weighted by Crippen LogP contribution is -2.32. The van der Waals surface area contributed by atoms with Gasteiger partial charge in [0.05, 0.1) is 15.9 Å². The number of rotatable bonds is 6. The average molecular weight is 388 g/mol. The zero-order valence-electron chi connectivity index (χ0n) is 14.9. The van der Waals surface area contributed by atoms with Crippen molar-refractivity contribution in [2.45, 2.75) is 31.2 Å². The van der Waals surface area contributed by atoms with Gasteiger partial charge in [-0.15, -0.1) is 0 Å². The van der Waals surface area contributed by atoms with Crippen LogP contribution < -0.4 is 15.7 Å². The van der Waals surface area contributed by atoms with Gasteiger partial charge >= 0.3 is 5.69 Å². The first-order valence-electron chi connectivity index (χ1n) is 8.44. The van der Waals surface area contributed by atoms with E-state index < -0.39 is 10.0 Å². The maximum atomic E-state index is 12.4. The second-order valence-corrected chi connectivity index (χ2v) is 7.96. The van der Waals surface area contributed by atoms with Crippen LogP contribution in [0.15, 0.2) is 52.2 Å². The summed E-state index contributed by atoms with van der Waals surface area (Å²) in [4.78, 5) is 29.0. The van der Waals surface area contributed by atoms with Crippen LogP contribution in [0.2, 0.25) is 0 Å². The highest BCUT2D eigenvalue weighted by atomic mass is 32.2. The quantitative estimate of drug-likeness (QED) is 0.517. The predicted molar refractivity (Wildman–Crippen MR) is 103 cm³/mol. The number of carbonyl (C=O) groups excluding carboxylic acids is 1. The molecular weight excluding hydrogens is 368 g/mol. The summed E-state index contributed by atoms with van der Waals surface area (Å²) < 4.78 is 27.1. The fraction of sp³-hybridized carbons (Fsp3) is 0.222. The molecule has 27 heavy (non-hydrogen) atoms. The number of benzene rings is 2. The molecule has 0 spiro atoms. The average Bonchev–Trinajstić information content (AvgIpc) is 3.00. The monoisotopic (exact) mass is 388 g/mol. The van der Waals surface area contributed by atoms with Gasteiger partial charge in [0.2, 0.25) is 10.0 Å².